The number of aromatic carboxylic acids is 1. The van der Waals surface area contributed by atoms with Crippen molar-refractivity contribution in [2.24, 2.45) is 0 Å². The van der Waals surface area contributed by atoms with Gasteiger partial charge in [-0.1, -0.05) is 18.7 Å². The van der Waals surface area contributed by atoms with Gasteiger partial charge in [0.15, 0.2) is 0 Å². The van der Waals surface area contributed by atoms with Crippen molar-refractivity contribution in [3.63, 3.8) is 0 Å². The molecule has 2 nitrogen and oxygen atoms in total. The Labute approximate surface area is 69.0 Å². The summed E-state index contributed by atoms with van der Waals surface area (Å²) in [5.41, 5.74) is 0.109. The molecule has 1 rings (SSSR count). The molecule has 0 aliphatic carbocycles. The molecule has 0 bridgehead atoms. The lowest BCUT2D eigenvalue weighted by Crippen LogP contribution is -1.97. The van der Waals surface area contributed by atoms with Crippen LogP contribution < -0.4 is 0 Å². The van der Waals surface area contributed by atoms with Crippen molar-refractivity contribution in [1.82, 2.24) is 0 Å². The normalized spacial score (nSPS) is 9.42. The first-order chi connectivity index (χ1) is 5.65. The van der Waals surface area contributed by atoms with E-state index in [1.165, 1.54) is 12.1 Å². The molecule has 0 atom stereocenters. The molecular weight excluding hydrogens is 159 g/mol. The van der Waals surface area contributed by atoms with Gasteiger partial charge >= 0.3 is 5.97 Å². The summed E-state index contributed by atoms with van der Waals surface area (Å²) in [6, 6.07) is 3.55. The van der Waals surface area contributed by atoms with Gasteiger partial charge in [0, 0.05) is 5.56 Å². The molecule has 3 heteroatoms. The fraction of sp³-hybridized carbons (Fsp3) is 0. The van der Waals surface area contributed by atoms with Crippen LogP contribution in [-0.2, 0) is 0 Å². The highest BCUT2D eigenvalue weighted by Gasteiger charge is 2.05. The Morgan fingerprint density at radius 1 is 1.58 bits per heavy atom. The lowest BCUT2D eigenvalue weighted by molar-refractivity contribution is 0.0696. The number of hydrogen-bond donors (Lipinski definition) is 1. The second-order valence-electron chi connectivity index (χ2n) is 2.21. The van der Waals surface area contributed by atoms with Crippen molar-refractivity contribution in [1.29, 1.82) is 0 Å². The third-order valence-corrected chi connectivity index (χ3v) is 1.43. The second-order valence-corrected chi connectivity index (χ2v) is 2.21. The fourth-order valence-corrected chi connectivity index (χ4v) is 0.795. The van der Waals surface area contributed by atoms with Crippen molar-refractivity contribution >= 4 is 12.0 Å². The van der Waals surface area contributed by atoms with E-state index in [1.54, 1.807) is 0 Å². The molecule has 1 aromatic rings. The summed E-state index contributed by atoms with van der Waals surface area (Å²) in [5.74, 6) is -1.78. The van der Waals surface area contributed by atoms with Gasteiger partial charge in [0.25, 0.3) is 0 Å². The van der Waals surface area contributed by atoms with E-state index in [0.717, 1.165) is 12.1 Å². The van der Waals surface area contributed by atoms with Crippen LogP contribution in [0.2, 0.25) is 0 Å². The first-order valence-corrected chi connectivity index (χ1v) is 3.23. The zero-order valence-corrected chi connectivity index (χ0v) is 6.12. The van der Waals surface area contributed by atoms with Gasteiger partial charge in [0.1, 0.15) is 5.82 Å². The van der Waals surface area contributed by atoms with Crippen molar-refractivity contribution < 1.29 is 14.3 Å². The molecule has 0 unspecified atom stereocenters. The van der Waals surface area contributed by atoms with Crippen LogP contribution in [0.4, 0.5) is 4.39 Å². The van der Waals surface area contributed by atoms with E-state index in [0.29, 0.717) is 0 Å². The molecule has 1 aromatic carbocycles. The molecular formula is C9H6FO2. The van der Waals surface area contributed by atoms with Crippen molar-refractivity contribution in [2.75, 3.05) is 0 Å². The largest absolute Gasteiger partial charge is 0.478 e. The Morgan fingerprint density at radius 2 is 2.25 bits per heavy atom. The predicted molar refractivity (Wildman–Crippen MR) is 42.1 cm³/mol. The number of carboxylic acids is 1. The molecule has 0 amide bonds. The highest BCUT2D eigenvalue weighted by molar-refractivity contribution is 5.87. The van der Waals surface area contributed by atoms with Gasteiger partial charge in [-0.05, 0) is 12.1 Å². The van der Waals surface area contributed by atoms with E-state index >= 15 is 0 Å². The smallest absolute Gasteiger partial charge is 0.335 e. The zero-order chi connectivity index (χ0) is 9.14. The lowest BCUT2D eigenvalue weighted by atomic mass is 10.1. The van der Waals surface area contributed by atoms with Gasteiger partial charge in [-0.3, -0.25) is 0 Å². The predicted octanol–water partition coefficient (Wildman–Crippen LogP) is 1.97. The lowest BCUT2D eigenvalue weighted by Gasteiger charge is -1.97. The van der Waals surface area contributed by atoms with Crippen molar-refractivity contribution in [3.8, 4) is 0 Å². The molecule has 0 aromatic heterocycles. The highest BCUT2D eigenvalue weighted by atomic mass is 19.1. The molecule has 0 saturated carbocycles. The first kappa shape index (κ1) is 8.46. The van der Waals surface area contributed by atoms with Crippen LogP contribution in [0.25, 0.3) is 6.08 Å². The minimum absolute atomic E-state index is 0.0851. The van der Waals surface area contributed by atoms with Crippen LogP contribution >= 0.6 is 0 Å². The van der Waals surface area contributed by atoms with Crippen LogP contribution in [0.15, 0.2) is 18.2 Å². The summed E-state index contributed by atoms with van der Waals surface area (Å²) >= 11 is 0. The zero-order valence-electron chi connectivity index (χ0n) is 6.12. The number of hydrogen-bond acceptors (Lipinski definition) is 1. The molecule has 1 N–H and O–H groups in total. The molecule has 0 saturated heterocycles. The SMILES string of the molecule is [CH]=Cc1ccc(C(=O)O)cc1F. The minimum atomic E-state index is -1.16. The Kier molecular flexibility index (Phi) is 2.24. The number of benzene rings is 1. The topological polar surface area (TPSA) is 37.3 Å². The van der Waals surface area contributed by atoms with Crippen LogP contribution in [0.3, 0.4) is 0 Å². The monoisotopic (exact) mass is 165 g/mol. The summed E-state index contributed by atoms with van der Waals surface area (Å²) in [4.78, 5) is 10.3. The summed E-state index contributed by atoms with van der Waals surface area (Å²) in [6.45, 7) is 5.06. The average Bonchev–Trinajstić information content (AvgIpc) is 2.04. The number of rotatable bonds is 2. The van der Waals surface area contributed by atoms with Crippen LogP contribution in [0.1, 0.15) is 15.9 Å². The van der Waals surface area contributed by atoms with E-state index in [-0.39, 0.29) is 11.1 Å². The fourth-order valence-electron chi connectivity index (χ4n) is 0.795. The molecule has 0 aliphatic rings. The summed E-state index contributed by atoms with van der Waals surface area (Å²) < 4.78 is 12.8. The summed E-state index contributed by atoms with van der Waals surface area (Å²) in [5, 5.41) is 8.46. The maximum atomic E-state index is 12.8. The molecule has 61 valence electrons. The minimum Gasteiger partial charge on any atom is -0.478 e. The molecule has 1 radical (unpaired) electrons. The van der Waals surface area contributed by atoms with Crippen LogP contribution in [0.5, 0.6) is 0 Å². The number of halogens is 1. The molecule has 0 spiro atoms. The average molecular weight is 165 g/mol. The number of carbonyl (C=O) groups is 1. The maximum absolute atomic E-state index is 12.8. The van der Waals surface area contributed by atoms with Gasteiger partial charge < -0.3 is 5.11 Å². The third-order valence-electron chi connectivity index (χ3n) is 1.43. The van der Waals surface area contributed by atoms with E-state index in [2.05, 4.69) is 0 Å². The molecule has 12 heavy (non-hydrogen) atoms. The van der Waals surface area contributed by atoms with Crippen LogP contribution in [0, 0.1) is 12.4 Å². The van der Waals surface area contributed by atoms with Crippen molar-refractivity contribution in [2.45, 2.75) is 0 Å². The van der Waals surface area contributed by atoms with Gasteiger partial charge in [0.2, 0.25) is 0 Å². The molecule has 0 heterocycles. The standard InChI is InChI=1S/C9H6FO2/c1-2-6-3-4-7(9(11)12)5-8(6)10/h1-5H,(H,11,12). The highest BCUT2D eigenvalue weighted by Crippen LogP contribution is 2.11. The summed E-state index contributed by atoms with van der Waals surface area (Å²) in [7, 11) is 0. The van der Waals surface area contributed by atoms with Gasteiger partial charge in [-0.2, -0.15) is 0 Å². The van der Waals surface area contributed by atoms with Gasteiger partial charge in [-0.25, -0.2) is 9.18 Å². The van der Waals surface area contributed by atoms with Gasteiger partial charge in [0.05, 0.1) is 5.56 Å². The van der Waals surface area contributed by atoms with E-state index in [4.69, 9.17) is 11.7 Å². The molecule has 0 aliphatic heterocycles. The van der Waals surface area contributed by atoms with E-state index < -0.39 is 11.8 Å². The summed E-state index contributed by atoms with van der Waals surface area (Å²) in [6.07, 6.45) is 1.08. The maximum Gasteiger partial charge on any atom is 0.335 e. The van der Waals surface area contributed by atoms with E-state index in [9.17, 15) is 9.18 Å². The first-order valence-electron chi connectivity index (χ1n) is 3.23. The quantitative estimate of drug-likeness (QED) is 0.727. The van der Waals surface area contributed by atoms with Crippen molar-refractivity contribution in [3.05, 3.63) is 41.7 Å². The van der Waals surface area contributed by atoms with Crippen LogP contribution in [-0.4, -0.2) is 11.1 Å². The second kappa shape index (κ2) is 3.17. The van der Waals surface area contributed by atoms with E-state index in [1.807, 2.05) is 0 Å². The Balaban J connectivity index is 3.18. The Bertz CT molecular complexity index is 331. The third kappa shape index (κ3) is 1.50. The Morgan fingerprint density at radius 3 is 2.67 bits per heavy atom. The van der Waals surface area contributed by atoms with Gasteiger partial charge in [-0.15, -0.1) is 0 Å². The number of carboxylic acid groups (broad SMARTS) is 1. The molecule has 0 fully saturated rings. The Hall–Kier alpha value is -1.64.